The molecule has 1 heterocycles. The van der Waals surface area contributed by atoms with Gasteiger partial charge in [-0.05, 0) is 44.9 Å². The summed E-state index contributed by atoms with van der Waals surface area (Å²) in [6.45, 7) is 8.70. The summed E-state index contributed by atoms with van der Waals surface area (Å²) in [4.78, 5) is 21.0. The van der Waals surface area contributed by atoms with Crippen LogP contribution in [-0.2, 0) is 0 Å². The lowest BCUT2D eigenvalue weighted by molar-refractivity contribution is 0.102. The smallest absolute Gasteiger partial charge is 0.274 e. The highest BCUT2D eigenvalue weighted by atomic mass is 16.1. The van der Waals surface area contributed by atoms with Crippen LogP contribution in [0, 0.1) is 20.8 Å². The van der Waals surface area contributed by atoms with E-state index in [4.69, 9.17) is 0 Å². The molecule has 1 aromatic carbocycles. The molecule has 0 aliphatic heterocycles. The van der Waals surface area contributed by atoms with E-state index in [1.807, 2.05) is 39.0 Å². The molecule has 2 N–H and O–H groups in total. The predicted molar refractivity (Wildman–Crippen MR) is 89.4 cm³/mol. The highest BCUT2D eigenvalue weighted by Crippen LogP contribution is 2.17. The van der Waals surface area contributed by atoms with E-state index in [1.165, 1.54) is 5.56 Å². The number of hydrogen-bond donors (Lipinski definition) is 2. The van der Waals surface area contributed by atoms with Gasteiger partial charge in [-0.3, -0.25) is 4.79 Å². The molecule has 0 atom stereocenters. The second-order valence-corrected chi connectivity index (χ2v) is 5.42. The number of carbonyl (C=O) groups excluding carboxylic acids is 1. The van der Waals surface area contributed by atoms with Crippen molar-refractivity contribution in [3.8, 4) is 0 Å². The zero-order valence-corrected chi connectivity index (χ0v) is 13.5. The Kier molecular flexibility index (Phi) is 5.09. The summed E-state index contributed by atoms with van der Waals surface area (Å²) in [6, 6.07) is 7.61. The van der Waals surface area contributed by atoms with Crippen LogP contribution in [0.4, 0.5) is 11.6 Å². The number of nitrogens with zero attached hydrogens (tertiary/aromatic N) is 2. The number of aryl methyl sites for hydroxylation is 3. The van der Waals surface area contributed by atoms with E-state index in [0.717, 1.165) is 29.9 Å². The van der Waals surface area contributed by atoms with Crippen LogP contribution in [-0.4, -0.2) is 22.4 Å². The molecule has 0 aliphatic carbocycles. The second-order valence-electron chi connectivity index (χ2n) is 5.42. The third-order valence-corrected chi connectivity index (χ3v) is 3.25. The maximum atomic E-state index is 12.4. The minimum absolute atomic E-state index is 0.225. The number of hydrogen-bond acceptors (Lipinski definition) is 4. The molecule has 0 aliphatic rings. The normalized spacial score (nSPS) is 10.4. The number of benzene rings is 1. The molecule has 0 unspecified atom stereocenters. The van der Waals surface area contributed by atoms with Gasteiger partial charge in [-0.15, -0.1) is 0 Å². The van der Waals surface area contributed by atoms with Crippen LogP contribution in [0.1, 0.15) is 40.7 Å². The first kappa shape index (κ1) is 15.9. The second kappa shape index (κ2) is 7.02. The van der Waals surface area contributed by atoms with Crippen molar-refractivity contribution in [2.45, 2.75) is 34.1 Å². The number of nitrogens with one attached hydrogen (secondary N) is 2. The molecule has 5 nitrogen and oxygen atoms in total. The van der Waals surface area contributed by atoms with Crippen LogP contribution in [0.2, 0.25) is 0 Å². The first-order valence-electron chi connectivity index (χ1n) is 7.47. The van der Waals surface area contributed by atoms with Crippen molar-refractivity contribution >= 4 is 17.5 Å². The maximum absolute atomic E-state index is 12.4. The summed E-state index contributed by atoms with van der Waals surface area (Å²) in [6.07, 6.45) is 0.974. The van der Waals surface area contributed by atoms with E-state index in [1.54, 1.807) is 6.07 Å². The molecule has 0 spiro atoms. The van der Waals surface area contributed by atoms with Crippen molar-refractivity contribution in [2.24, 2.45) is 0 Å². The van der Waals surface area contributed by atoms with Gasteiger partial charge in [0.2, 0.25) is 5.95 Å². The quantitative estimate of drug-likeness (QED) is 0.887. The summed E-state index contributed by atoms with van der Waals surface area (Å²) >= 11 is 0. The van der Waals surface area contributed by atoms with Gasteiger partial charge >= 0.3 is 0 Å². The topological polar surface area (TPSA) is 66.9 Å². The number of anilines is 2. The molecule has 0 fully saturated rings. The zero-order valence-electron chi connectivity index (χ0n) is 13.5. The molecular weight excluding hydrogens is 276 g/mol. The Morgan fingerprint density at radius 1 is 1.14 bits per heavy atom. The van der Waals surface area contributed by atoms with Crippen LogP contribution >= 0.6 is 0 Å². The molecule has 1 amide bonds. The van der Waals surface area contributed by atoms with E-state index >= 15 is 0 Å². The van der Waals surface area contributed by atoms with Crippen molar-refractivity contribution in [1.29, 1.82) is 0 Å². The average molecular weight is 298 g/mol. The monoisotopic (exact) mass is 298 g/mol. The molecule has 22 heavy (non-hydrogen) atoms. The van der Waals surface area contributed by atoms with E-state index < -0.39 is 0 Å². The number of rotatable bonds is 5. The minimum Gasteiger partial charge on any atom is -0.354 e. The molecule has 0 bridgehead atoms. The molecule has 1 aromatic heterocycles. The Morgan fingerprint density at radius 2 is 1.91 bits per heavy atom. The van der Waals surface area contributed by atoms with Crippen LogP contribution in [0.5, 0.6) is 0 Å². The number of aromatic nitrogens is 2. The van der Waals surface area contributed by atoms with E-state index in [2.05, 4.69) is 27.5 Å². The lowest BCUT2D eigenvalue weighted by Crippen LogP contribution is -2.17. The Hall–Kier alpha value is -2.43. The van der Waals surface area contributed by atoms with Crippen molar-refractivity contribution in [3.63, 3.8) is 0 Å². The van der Waals surface area contributed by atoms with Gasteiger partial charge in [0.1, 0.15) is 5.69 Å². The molecule has 5 heteroatoms. The summed E-state index contributed by atoms with van der Waals surface area (Å²) in [5.74, 6) is 0.268. The molecule has 0 radical (unpaired) electrons. The van der Waals surface area contributed by atoms with Crippen molar-refractivity contribution in [1.82, 2.24) is 9.97 Å². The Bertz CT molecular complexity index is 682. The molecule has 0 saturated heterocycles. The maximum Gasteiger partial charge on any atom is 0.274 e. The van der Waals surface area contributed by atoms with Crippen molar-refractivity contribution < 1.29 is 4.79 Å². The Balaban J connectivity index is 2.20. The highest BCUT2D eigenvalue weighted by molar-refractivity contribution is 6.03. The largest absolute Gasteiger partial charge is 0.354 e. The lowest BCUT2D eigenvalue weighted by Gasteiger charge is -2.10. The fourth-order valence-electron chi connectivity index (χ4n) is 2.14. The van der Waals surface area contributed by atoms with Gasteiger partial charge in [0.15, 0.2) is 0 Å². The first-order valence-corrected chi connectivity index (χ1v) is 7.47. The summed E-state index contributed by atoms with van der Waals surface area (Å²) in [5, 5.41) is 6.02. The number of carbonyl (C=O) groups is 1. The van der Waals surface area contributed by atoms with Crippen LogP contribution < -0.4 is 10.6 Å². The molecule has 2 aromatic rings. The van der Waals surface area contributed by atoms with Gasteiger partial charge in [-0.1, -0.05) is 24.6 Å². The van der Waals surface area contributed by atoms with Gasteiger partial charge in [0, 0.05) is 17.9 Å². The van der Waals surface area contributed by atoms with Crippen LogP contribution in [0.3, 0.4) is 0 Å². The fraction of sp³-hybridized carbons (Fsp3) is 0.353. The van der Waals surface area contributed by atoms with Crippen molar-refractivity contribution in [3.05, 3.63) is 46.8 Å². The third-order valence-electron chi connectivity index (χ3n) is 3.25. The van der Waals surface area contributed by atoms with Crippen LogP contribution in [0.15, 0.2) is 24.3 Å². The lowest BCUT2D eigenvalue weighted by atomic mass is 10.1. The number of amides is 1. The van der Waals surface area contributed by atoms with Gasteiger partial charge in [-0.25, -0.2) is 9.97 Å². The molecule has 116 valence electrons. The molecular formula is C17H22N4O. The van der Waals surface area contributed by atoms with Gasteiger partial charge in [-0.2, -0.15) is 0 Å². The predicted octanol–water partition coefficient (Wildman–Crippen LogP) is 3.48. The van der Waals surface area contributed by atoms with Gasteiger partial charge < -0.3 is 10.6 Å². The van der Waals surface area contributed by atoms with E-state index in [0.29, 0.717) is 11.6 Å². The Labute approximate surface area is 131 Å². The SMILES string of the molecule is CCCNc1nc(C)cc(C(=O)Nc2ccc(C)cc2C)n1. The van der Waals surface area contributed by atoms with Gasteiger partial charge in [0.25, 0.3) is 5.91 Å². The van der Waals surface area contributed by atoms with E-state index in [-0.39, 0.29) is 5.91 Å². The fourth-order valence-corrected chi connectivity index (χ4v) is 2.14. The summed E-state index contributed by atoms with van der Waals surface area (Å²) in [7, 11) is 0. The average Bonchev–Trinajstić information content (AvgIpc) is 2.47. The highest BCUT2D eigenvalue weighted by Gasteiger charge is 2.12. The third kappa shape index (κ3) is 4.04. The molecule has 0 saturated carbocycles. The van der Waals surface area contributed by atoms with Crippen LogP contribution in [0.25, 0.3) is 0 Å². The minimum atomic E-state index is -0.225. The van der Waals surface area contributed by atoms with E-state index in [9.17, 15) is 4.79 Å². The Morgan fingerprint density at radius 3 is 2.59 bits per heavy atom. The summed E-state index contributed by atoms with van der Waals surface area (Å²) < 4.78 is 0. The first-order chi connectivity index (χ1) is 10.5. The van der Waals surface area contributed by atoms with Gasteiger partial charge in [0.05, 0.1) is 0 Å². The summed E-state index contributed by atoms with van der Waals surface area (Å²) in [5.41, 5.74) is 4.13. The zero-order chi connectivity index (χ0) is 16.1. The standard InChI is InChI=1S/C17H22N4O/c1-5-8-18-17-19-13(4)10-15(21-17)16(22)20-14-7-6-11(2)9-12(14)3/h6-7,9-10H,5,8H2,1-4H3,(H,20,22)(H,18,19,21). The molecule has 2 rings (SSSR count). The van der Waals surface area contributed by atoms with Crippen molar-refractivity contribution in [2.75, 3.05) is 17.2 Å².